The summed E-state index contributed by atoms with van der Waals surface area (Å²) in [6.45, 7) is 0. The van der Waals surface area contributed by atoms with Crippen LogP contribution in [0, 0.1) is 0 Å². The van der Waals surface area contributed by atoms with E-state index in [0.717, 1.165) is 5.69 Å². The molecule has 2 aromatic heterocycles. The molecule has 12 aromatic rings. The van der Waals surface area contributed by atoms with Crippen molar-refractivity contribution in [2.24, 2.45) is 0 Å². The van der Waals surface area contributed by atoms with Gasteiger partial charge in [-0.1, -0.05) is 200 Å². The lowest BCUT2D eigenvalue weighted by atomic mass is 9.60. The molecule has 2 heterocycles. The summed E-state index contributed by atoms with van der Waals surface area (Å²) in [5, 5.41) is 5.14. The smallest absolute Gasteiger partial charge is 0.0702 e. The van der Waals surface area contributed by atoms with E-state index in [1.54, 1.807) is 0 Å². The van der Waals surface area contributed by atoms with Gasteiger partial charge in [-0.2, -0.15) is 0 Å². The molecule has 10 aromatic carbocycles. The molecule has 0 fully saturated rings. The van der Waals surface area contributed by atoms with Crippen LogP contribution < -0.4 is 0 Å². The second kappa shape index (κ2) is 13.9. The molecule has 2 nitrogen and oxygen atoms in total. The maximum Gasteiger partial charge on any atom is 0.0702 e. The Balaban J connectivity index is 1.03. The Hall–Kier alpha value is -8.20. The number of hydrogen-bond acceptors (Lipinski definition) is 0. The fourth-order valence-electron chi connectivity index (χ4n) is 12.4. The van der Waals surface area contributed by atoms with Crippen LogP contribution in [0.25, 0.3) is 55.0 Å². The number of para-hydroxylation sites is 2. The lowest BCUT2D eigenvalue weighted by molar-refractivity contribution is 0.744. The molecule has 0 aliphatic heterocycles. The zero-order valence-electron chi connectivity index (χ0n) is 35.6. The van der Waals surface area contributed by atoms with E-state index in [-0.39, 0.29) is 11.8 Å². The first kappa shape index (κ1) is 36.3. The van der Waals surface area contributed by atoms with Crippen LogP contribution in [0.5, 0.6) is 0 Å². The maximum atomic E-state index is 2.56. The van der Waals surface area contributed by atoms with Crippen LogP contribution in [0.4, 0.5) is 0 Å². The van der Waals surface area contributed by atoms with Crippen molar-refractivity contribution >= 4 is 43.6 Å². The molecule has 3 aliphatic carbocycles. The highest BCUT2D eigenvalue weighted by Gasteiger charge is 2.43. The fourth-order valence-corrected chi connectivity index (χ4v) is 12.4. The quantitative estimate of drug-likeness (QED) is 0.148. The van der Waals surface area contributed by atoms with Crippen LogP contribution in [0.15, 0.2) is 243 Å². The highest BCUT2D eigenvalue weighted by molar-refractivity contribution is 6.17. The van der Waals surface area contributed by atoms with Gasteiger partial charge in [-0.3, -0.25) is 0 Å². The first-order valence-corrected chi connectivity index (χ1v) is 22.8. The molecule has 0 unspecified atom stereocenters. The van der Waals surface area contributed by atoms with E-state index in [0.29, 0.717) is 0 Å². The number of rotatable bonds is 6. The normalized spacial score (nSPS) is 15.1. The minimum atomic E-state index is -0.563. The minimum Gasteiger partial charge on any atom is -0.309 e. The van der Waals surface area contributed by atoms with Gasteiger partial charge in [-0.15, -0.1) is 0 Å². The van der Waals surface area contributed by atoms with Crippen molar-refractivity contribution in [2.75, 3.05) is 0 Å². The number of nitrogens with zero attached hydrogens (tertiary/aromatic N) is 2. The van der Waals surface area contributed by atoms with E-state index in [9.17, 15) is 0 Å². The van der Waals surface area contributed by atoms with Crippen LogP contribution in [0.1, 0.15) is 67.5 Å². The zero-order chi connectivity index (χ0) is 42.6. The predicted molar refractivity (Wildman–Crippen MR) is 268 cm³/mol. The van der Waals surface area contributed by atoms with Crippen molar-refractivity contribution in [1.29, 1.82) is 0 Å². The van der Waals surface area contributed by atoms with E-state index in [4.69, 9.17) is 0 Å². The summed E-state index contributed by atoms with van der Waals surface area (Å²) in [6.07, 6.45) is 0. The standard InChI is InChI=1S/C63H42N2/c1-4-20-41(21-5-1)63(42-22-6-2-7-23-42,43-24-8-3-9-25-43)44-26-18-27-45(40-44)64-53-34-16-14-32-50(53)60-55(64)36-19-37-56(60)65-54-35-17-15-33-51(54)61-57(65)39-38-52-58-46-28-10-12-30-48(46)59(62(52)61)49-31-13-11-29-47(49)58/h1-40,58-59H. The second-order valence-corrected chi connectivity index (χ2v) is 17.9. The van der Waals surface area contributed by atoms with Gasteiger partial charge < -0.3 is 9.13 Å². The van der Waals surface area contributed by atoms with Crippen molar-refractivity contribution in [2.45, 2.75) is 17.3 Å². The van der Waals surface area contributed by atoms with Gasteiger partial charge in [0.25, 0.3) is 0 Å². The first-order valence-electron chi connectivity index (χ1n) is 22.8. The second-order valence-electron chi connectivity index (χ2n) is 17.9. The summed E-state index contributed by atoms with van der Waals surface area (Å²) in [6, 6.07) is 90.5. The van der Waals surface area contributed by atoms with E-state index in [1.165, 1.54) is 105 Å². The summed E-state index contributed by atoms with van der Waals surface area (Å²) in [7, 11) is 0. The van der Waals surface area contributed by atoms with Gasteiger partial charge in [-0.25, -0.2) is 0 Å². The minimum absolute atomic E-state index is 0.171. The Bertz CT molecular complexity index is 3690. The van der Waals surface area contributed by atoms with Gasteiger partial charge in [0.1, 0.15) is 0 Å². The average molecular weight is 827 g/mol. The predicted octanol–water partition coefficient (Wildman–Crippen LogP) is 15.3. The molecule has 0 saturated carbocycles. The molecule has 0 amide bonds. The Morgan fingerprint density at radius 2 is 0.738 bits per heavy atom. The summed E-state index contributed by atoms with van der Waals surface area (Å²) in [5.41, 5.74) is 20.2. The molecule has 0 N–H and O–H groups in total. The number of hydrogen-bond donors (Lipinski definition) is 0. The molecule has 0 atom stereocenters. The maximum absolute atomic E-state index is 2.56. The van der Waals surface area contributed by atoms with Gasteiger partial charge in [0.2, 0.25) is 0 Å². The van der Waals surface area contributed by atoms with Crippen molar-refractivity contribution in [3.05, 3.63) is 298 Å². The van der Waals surface area contributed by atoms with Gasteiger partial charge in [0.15, 0.2) is 0 Å². The Morgan fingerprint density at radius 1 is 0.292 bits per heavy atom. The van der Waals surface area contributed by atoms with Crippen LogP contribution in [-0.2, 0) is 5.41 Å². The first-order chi connectivity index (χ1) is 32.3. The summed E-state index contributed by atoms with van der Waals surface area (Å²) in [5.74, 6) is 0.389. The molecular formula is C63H42N2. The van der Waals surface area contributed by atoms with Crippen molar-refractivity contribution < 1.29 is 0 Å². The van der Waals surface area contributed by atoms with Gasteiger partial charge in [-0.05, 0) is 98.1 Å². The third kappa shape index (κ3) is 4.94. The van der Waals surface area contributed by atoms with Gasteiger partial charge in [0, 0.05) is 39.1 Å². The highest BCUT2D eigenvalue weighted by Crippen LogP contribution is 2.58. The van der Waals surface area contributed by atoms with Crippen molar-refractivity contribution in [1.82, 2.24) is 9.13 Å². The molecule has 0 radical (unpaired) electrons. The lowest BCUT2D eigenvalue weighted by Crippen LogP contribution is -2.31. The molecule has 304 valence electrons. The number of aromatic nitrogens is 2. The average Bonchev–Trinajstić information content (AvgIpc) is 3.91. The third-order valence-corrected chi connectivity index (χ3v) is 14.8. The van der Waals surface area contributed by atoms with E-state index < -0.39 is 5.41 Å². The molecule has 65 heavy (non-hydrogen) atoms. The lowest BCUT2D eigenvalue weighted by Gasteiger charge is -2.42. The van der Waals surface area contributed by atoms with Crippen LogP contribution in [0.2, 0.25) is 0 Å². The molecule has 2 heteroatoms. The Labute approximate surface area is 377 Å². The molecule has 3 aliphatic rings. The third-order valence-electron chi connectivity index (χ3n) is 14.8. The fraction of sp³-hybridized carbons (Fsp3) is 0.0476. The zero-order valence-corrected chi connectivity index (χ0v) is 35.6. The largest absolute Gasteiger partial charge is 0.309 e. The topological polar surface area (TPSA) is 9.86 Å². The van der Waals surface area contributed by atoms with E-state index in [1.807, 2.05) is 0 Å². The van der Waals surface area contributed by atoms with Gasteiger partial charge in [0.05, 0.1) is 33.2 Å². The number of fused-ring (bicyclic) bond motifs is 6. The summed E-state index contributed by atoms with van der Waals surface area (Å²) < 4.78 is 5.05. The SMILES string of the molecule is c1ccc(C(c2ccccc2)(c2ccccc2)c2cccc(-n3c4ccccc4c4c(-n5c6ccccc6c6c7c(ccc65)C5c6ccccc6C7c6ccccc65)cccc43)c2)cc1. The van der Waals surface area contributed by atoms with Crippen LogP contribution >= 0.6 is 0 Å². The molecular weight excluding hydrogens is 785 g/mol. The van der Waals surface area contributed by atoms with Crippen molar-refractivity contribution in [3.8, 4) is 11.4 Å². The highest BCUT2D eigenvalue weighted by atomic mass is 15.0. The van der Waals surface area contributed by atoms with E-state index >= 15 is 0 Å². The number of benzene rings is 10. The molecule has 0 saturated heterocycles. The molecule has 15 rings (SSSR count). The van der Waals surface area contributed by atoms with Crippen LogP contribution in [0.3, 0.4) is 0 Å². The summed E-state index contributed by atoms with van der Waals surface area (Å²) >= 11 is 0. The molecule has 2 bridgehead atoms. The van der Waals surface area contributed by atoms with Gasteiger partial charge >= 0.3 is 0 Å². The monoisotopic (exact) mass is 826 g/mol. The van der Waals surface area contributed by atoms with Crippen molar-refractivity contribution in [3.63, 3.8) is 0 Å². The Morgan fingerprint density at radius 3 is 1.34 bits per heavy atom. The Kier molecular flexibility index (Phi) is 7.76. The molecule has 0 spiro atoms. The van der Waals surface area contributed by atoms with Crippen LogP contribution in [-0.4, -0.2) is 9.13 Å². The summed E-state index contributed by atoms with van der Waals surface area (Å²) in [4.78, 5) is 0. The van der Waals surface area contributed by atoms with E-state index in [2.05, 4.69) is 252 Å².